The number of nitrogens with zero attached hydrogens (tertiary/aromatic N) is 1. The summed E-state index contributed by atoms with van der Waals surface area (Å²) in [7, 11) is 0. The van der Waals surface area contributed by atoms with Crippen LogP contribution in [0.4, 0.5) is 5.69 Å². The second-order valence-electron chi connectivity index (χ2n) is 4.77. The molecule has 5 heteroatoms. The molecular weight excluding hydrogens is 295 g/mol. The molecular formula is C15H12Cl2N2O. The summed E-state index contributed by atoms with van der Waals surface area (Å²) in [6, 6.07) is 7.71. The smallest absolute Gasteiger partial charge is 0.227 e. The highest BCUT2D eigenvalue weighted by Crippen LogP contribution is 2.37. The Balaban J connectivity index is 2.26. The van der Waals surface area contributed by atoms with E-state index >= 15 is 0 Å². The van der Waals surface area contributed by atoms with Crippen molar-refractivity contribution >= 4 is 40.0 Å². The van der Waals surface area contributed by atoms with Crippen molar-refractivity contribution in [2.75, 3.05) is 5.73 Å². The van der Waals surface area contributed by atoms with Crippen LogP contribution in [0, 0.1) is 13.8 Å². The van der Waals surface area contributed by atoms with Gasteiger partial charge >= 0.3 is 0 Å². The average molecular weight is 307 g/mol. The molecule has 0 unspecified atom stereocenters. The van der Waals surface area contributed by atoms with Crippen molar-refractivity contribution in [3.8, 4) is 11.5 Å². The van der Waals surface area contributed by atoms with Crippen molar-refractivity contribution in [2.45, 2.75) is 13.8 Å². The van der Waals surface area contributed by atoms with Crippen molar-refractivity contribution in [1.29, 1.82) is 0 Å². The first-order valence-corrected chi connectivity index (χ1v) is 6.84. The molecule has 3 nitrogen and oxygen atoms in total. The van der Waals surface area contributed by atoms with E-state index in [0.29, 0.717) is 32.7 Å². The van der Waals surface area contributed by atoms with Crippen LogP contribution in [0.2, 0.25) is 10.0 Å². The molecule has 3 aromatic rings. The van der Waals surface area contributed by atoms with Crippen LogP contribution in [0.1, 0.15) is 11.1 Å². The molecule has 0 aliphatic heterocycles. The van der Waals surface area contributed by atoms with Crippen LogP contribution in [-0.2, 0) is 0 Å². The fourth-order valence-electron chi connectivity index (χ4n) is 2.18. The van der Waals surface area contributed by atoms with Gasteiger partial charge in [0.15, 0.2) is 5.58 Å². The molecule has 102 valence electrons. The predicted molar refractivity (Wildman–Crippen MR) is 83.4 cm³/mol. The summed E-state index contributed by atoms with van der Waals surface area (Å²) in [5.74, 6) is 0.515. The van der Waals surface area contributed by atoms with Gasteiger partial charge in [0, 0.05) is 11.6 Å². The average Bonchev–Trinajstić information content (AvgIpc) is 2.80. The van der Waals surface area contributed by atoms with Gasteiger partial charge in [0.1, 0.15) is 5.52 Å². The number of nitrogen functional groups attached to an aromatic ring is 1. The summed E-state index contributed by atoms with van der Waals surface area (Å²) >= 11 is 12.2. The highest BCUT2D eigenvalue weighted by atomic mass is 35.5. The second kappa shape index (κ2) is 4.69. The van der Waals surface area contributed by atoms with Gasteiger partial charge in [-0.1, -0.05) is 40.9 Å². The Morgan fingerprint density at radius 3 is 2.60 bits per heavy atom. The zero-order valence-corrected chi connectivity index (χ0v) is 12.5. The van der Waals surface area contributed by atoms with Crippen LogP contribution in [-0.4, -0.2) is 4.98 Å². The van der Waals surface area contributed by atoms with E-state index in [9.17, 15) is 0 Å². The summed E-state index contributed by atoms with van der Waals surface area (Å²) in [4.78, 5) is 4.44. The van der Waals surface area contributed by atoms with Gasteiger partial charge in [0.25, 0.3) is 0 Å². The summed E-state index contributed by atoms with van der Waals surface area (Å²) in [6.07, 6.45) is 0. The van der Waals surface area contributed by atoms with Crippen LogP contribution in [0.5, 0.6) is 0 Å². The second-order valence-corrected chi connectivity index (χ2v) is 5.56. The Morgan fingerprint density at radius 2 is 1.90 bits per heavy atom. The number of aryl methyl sites for hydroxylation is 2. The molecule has 0 radical (unpaired) electrons. The third-order valence-electron chi connectivity index (χ3n) is 3.23. The van der Waals surface area contributed by atoms with E-state index in [-0.39, 0.29) is 0 Å². The van der Waals surface area contributed by atoms with Crippen LogP contribution in [0.15, 0.2) is 28.7 Å². The van der Waals surface area contributed by atoms with Gasteiger partial charge in [0.2, 0.25) is 5.89 Å². The maximum absolute atomic E-state index is 6.17. The van der Waals surface area contributed by atoms with Crippen molar-refractivity contribution in [2.24, 2.45) is 0 Å². The van der Waals surface area contributed by atoms with E-state index in [1.807, 2.05) is 26.0 Å². The highest BCUT2D eigenvalue weighted by Gasteiger charge is 2.16. The van der Waals surface area contributed by atoms with Gasteiger partial charge < -0.3 is 10.2 Å². The van der Waals surface area contributed by atoms with Gasteiger partial charge in [-0.3, -0.25) is 0 Å². The van der Waals surface area contributed by atoms with Gasteiger partial charge in [-0.25, -0.2) is 4.98 Å². The summed E-state index contributed by atoms with van der Waals surface area (Å²) < 4.78 is 5.76. The summed E-state index contributed by atoms with van der Waals surface area (Å²) in [5.41, 5.74) is 10.4. The maximum Gasteiger partial charge on any atom is 0.227 e. The number of aromatic nitrogens is 1. The number of halogens is 2. The molecule has 1 aromatic heterocycles. The summed E-state index contributed by atoms with van der Waals surface area (Å²) in [6.45, 7) is 4.06. The van der Waals surface area contributed by atoms with E-state index in [2.05, 4.69) is 11.1 Å². The third-order valence-corrected chi connectivity index (χ3v) is 3.92. The largest absolute Gasteiger partial charge is 0.436 e. The highest BCUT2D eigenvalue weighted by molar-refractivity contribution is 6.42. The Hall–Kier alpha value is -1.71. The Kier molecular flexibility index (Phi) is 3.11. The Morgan fingerprint density at radius 1 is 1.15 bits per heavy atom. The monoisotopic (exact) mass is 306 g/mol. The number of anilines is 1. The standard InChI is InChI=1S/C15H12Cl2N2O/c1-7-3-4-9(8(2)5-7)15-19-14-11(20-15)6-10(16)13(18)12(14)17/h3-6H,18H2,1-2H3. The van der Waals surface area contributed by atoms with Gasteiger partial charge in [-0.2, -0.15) is 0 Å². The molecule has 0 amide bonds. The molecule has 2 N–H and O–H groups in total. The fourth-order valence-corrected chi connectivity index (χ4v) is 2.66. The number of oxazole rings is 1. The lowest BCUT2D eigenvalue weighted by Gasteiger charge is -2.01. The lowest BCUT2D eigenvalue weighted by Crippen LogP contribution is -1.88. The van der Waals surface area contributed by atoms with E-state index in [1.165, 1.54) is 5.56 Å². The molecule has 1 heterocycles. The molecule has 0 aliphatic rings. The Labute approximate surface area is 126 Å². The van der Waals surface area contributed by atoms with Crippen molar-refractivity contribution in [3.05, 3.63) is 45.4 Å². The van der Waals surface area contributed by atoms with Crippen LogP contribution in [0.25, 0.3) is 22.6 Å². The van der Waals surface area contributed by atoms with E-state index in [1.54, 1.807) is 6.07 Å². The number of hydrogen-bond donors (Lipinski definition) is 1. The molecule has 0 fully saturated rings. The number of benzene rings is 2. The number of nitrogens with two attached hydrogens (primary N) is 1. The minimum atomic E-state index is 0.321. The van der Waals surface area contributed by atoms with Gasteiger partial charge in [-0.05, 0) is 25.5 Å². The normalized spacial score (nSPS) is 11.2. The molecule has 2 aromatic carbocycles. The first-order valence-electron chi connectivity index (χ1n) is 6.09. The molecule has 3 rings (SSSR count). The molecule has 0 aliphatic carbocycles. The predicted octanol–water partition coefficient (Wildman–Crippen LogP) is 5.00. The Bertz CT molecular complexity index is 824. The van der Waals surface area contributed by atoms with Crippen LogP contribution < -0.4 is 5.73 Å². The van der Waals surface area contributed by atoms with E-state index in [0.717, 1.165) is 11.1 Å². The summed E-state index contributed by atoms with van der Waals surface area (Å²) in [5, 5.41) is 0.693. The number of rotatable bonds is 1. The number of fused-ring (bicyclic) bond motifs is 1. The molecule has 0 saturated heterocycles. The van der Waals surface area contributed by atoms with Crippen molar-refractivity contribution in [3.63, 3.8) is 0 Å². The van der Waals surface area contributed by atoms with Crippen LogP contribution >= 0.6 is 23.2 Å². The molecule has 20 heavy (non-hydrogen) atoms. The first-order chi connectivity index (χ1) is 9.47. The number of hydrogen-bond acceptors (Lipinski definition) is 3. The fraction of sp³-hybridized carbons (Fsp3) is 0.133. The first kappa shape index (κ1) is 13.3. The molecule has 0 bridgehead atoms. The minimum Gasteiger partial charge on any atom is -0.436 e. The molecule has 0 saturated carbocycles. The van der Waals surface area contributed by atoms with E-state index < -0.39 is 0 Å². The lowest BCUT2D eigenvalue weighted by molar-refractivity contribution is 0.619. The zero-order valence-electron chi connectivity index (χ0n) is 11.0. The molecule has 0 atom stereocenters. The maximum atomic E-state index is 6.17. The lowest BCUT2D eigenvalue weighted by atomic mass is 10.1. The zero-order chi connectivity index (χ0) is 14.4. The quantitative estimate of drug-likeness (QED) is 0.644. The van der Waals surface area contributed by atoms with Crippen LogP contribution in [0.3, 0.4) is 0 Å². The van der Waals surface area contributed by atoms with Crippen molar-refractivity contribution in [1.82, 2.24) is 4.98 Å². The molecule has 0 spiro atoms. The topological polar surface area (TPSA) is 52.0 Å². The van der Waals surface area contributed by atoms with E-state index in [4.69, 9.17) is 33.4 Å². The third kappa shape index (κ3) is 2.03. The SMILES string of the molecule is Cc1ccc(-c2nc3c(Cl)c(N)c(Cl)cc3o2)c(C)c1. The van der Waals surface area contributed by atoms with Gasteiger partial charge in [-0.15, -0.1) is 0 Å². The van der Waals surface area contributed by atoms with Gasteiger partial charge in [0.05, 0.1) is 15.7 Å². The minimum absolute atomic E-state index is 0.321. The van der Waals surface area contributed by atoms with Crippen molar-refractivity contribution < 1.29 is 4.42 Å².